The minimum absolute atomic E-state index is 0.0637. The molecular formula is C20H30N2O4. The van der Waals surface area contributed by atoms with Gasteiger partial charge in [-0.1, -0.05) is 38.7 Å². The highest BCUT2D eigenvalue weighted by Crippen LogP contribution is 2.32. The molecule has 6 nitrogen and oxygen atoms in total. The molecule has 0 fully saturated rings. The topological polar surface area (TPSA) is 76.7 Å². The number of hydrogen-bond acceptors (Lipinski definition) is 4. The number of fused-ring (bicyclic) bond motifs is 1. The van der Waals surface area contributed by atoms with Crippen LogP contribution in [0.2, 0.25) is 0 Å². The van der Waals surface area contributed by atoms with E-state index in [0.29, 0.717) is 12.3 Å². The second-order valence-corrected chi connectivity index (χ2v) is 6.78. The Morgan fingerprint density at radius 3 is 2.65 bits per heavy atom. The molecule has 1 aromatic carbocycles. The van der Waals surface area contributed by atoms with E-state index in [1.807, 2.05) is 25.1 Å². The molecule has 1 aromatic rings. The fraction of sp³-hybridized carbons (Fsp3) is 0.600. The summed E-state index contributed by atoms with van der Waals surface area (Å²) in [6.07, 6.45) is 6.18. The van der Waals surface area contributed by atoms with Gasteiger partial charge in [0.2, 0.25) is 18.6 Å². The normalized spacial score (nSPS) is 13.3. The van der Waals surface area contributed by atoms with Gasteiger partial charge in [0, 0.05) is 25.4 Å². The van der Waals surface area contributed by atoms with Gasteiger partial charge in [-0.05, 0) is 31.0 Å². The molecule has 1 aliphatic rings. The van der Waals surface area contributed by atoms with Crippen LogP contribution in [0.1, 0.15) is 64.4 Å². The highest BCUT2D eigenvalue weighted by Gasteiger charge is 2.14. The predicted octanol–water partition coefficient (Wildman–Crippen LogP) is 3.29. The SMILES string of the molecule is CCCCCC[C@@H](C)NC(=O)CCC(=O)NCc1ccc2c(c1)OCO2. The number of hydrogen-bond donors (Lipinski definition) is 2. The Bertz CT molecular complexity index is 603. The van der Waals surface area contributed by atoms with E-state index in [-0.39, 0.29) is 37.5 Å². The van der Waals surface area contributed by atoms with Crippen molar-refractivity contribution in [2.75, 3.05) is 6.79 Å². The molecule has 0 aliphatic carbocycles. The summed E-state index contributed by atoms with van der Waals surface area (Å²) in [5.41, 5.74) is 0.938. The smallest absolute Gasteiger partial charge is 0.231 e. The molecule has 1 heterocycles. The maximum absolute atomic E-state index is 11.9. The van der Waals surface area contributed by atoms with Crippen LogP contribution in [0.4, 0.5) is 0 Å². The molecule has 144 valence electrons. The lowest BCUT2D eigenvalue weighted by Gasteiger charge is -2.13. The van der Waals surface area contributed by atoms with Crippen molar-refractivity contribution >= 4 is 11.8 Å². The number of amides is 2. The number of ether oxygens (including phenoxy) is 2. The van der Waals surface area contributed by atoms with E-state index in [0.717, 1.165) is 24.2 Å². The lowest BCUT2D eigenvalue weighted by Crippen LogP contribution is -2.33. The van der Waals surface area contributed by atoms with Crippen molar-refractivity contribution in [3.63, 3.8) is 0 Å². The quantitative estimate of drug-likeness (QED) is 0.592. The summed E-state index contributed by atoms with van der Waals surface area (Å²) >= 11 is 0. The number of rotatable bonds is 11. The third kappa shape index (κ3) is 6.94. The molecule has 0 saturated heterocycles. The molecule has 1 atom stereocenters. The molecule has 0 spiro atoms. The predicted molar refractivity (Wildman–Crippen MR) is 100 cm³/mol. The molecule has 0 bridgehead atoms. The molecule has 0 saturated carbocycles. The van der Waals surface area contributed by atoms with Crippen molar-refractivity contribution in [1.29, 1.82) is 0 Å². The van der Waals surface area contributed by atoms with E-state index in [1.165, 1.54) is 19.3 Å². The third-order valence-corrected chi connectivity index (χ3v) is 4.40. The monoisotopic (exact) mass is 362 g/mol. The summed E-state index contributed by atoms with van der Waals surface area (Å²) in [6, 6.07) is 5.74. The first-order chi connectivity index (χ1) is 12.6. The van der Waals surface area contributed by atoms with E-state index in [9.17, 15) is 9.59 Å². The molecule has 2 amide bonds. The molecule has 6 heteroatoms. The summed E-state index contributed by atoms with van der Waals surface area (Å²) in [5.74, 6) is 1.23. The Labute approximate surface area is 155 Å². The maximum Gasteiger partial charge on any atom is 0.231 e. The average molecular weight is 362 g/mol. The molecule has 0 aromatic heterocycles. The third-order valence-electron chi connectivity index (χ3n) is 4.40. The summed E-state index contributed by atoms with van der Waals surface area (Å²) in [6.45, 7) is 4.84. The van der Waals surface area contributed by atoms with Gasteiger partial charge in [0.25, 0.3) is 0 Å². The summed E-state index contributed by atoms with van der Waals surface area (Å²) in [7, 11) is 0. The molecule has 2 N–H and O–H groups in total. The van der Waals surface area contributed by atoms with Crippen molar-refractivity contribution in [3.05, 3.63) is 23.8 Å². The first-order valence-electron chi connectivity index (χ1n) is 9.53. The molecule has 0 unspecified atom stereocenters. The van der Waals surface area contributed by atoms with E-state index < -0.39 is 0 Å². The van der Waals surface area contributed by atoms with E-state index in [1.54, 1.807) is 0 Å². The Hall–Kier alpha value is -2.24. The van der Waals surface area contributed by atoms with Gasteiger partial charge in [0.15, 0.2) is 11.5 Å². The molecule has 1 aliphatic heterocycles. The zero-order valence-corrected chi connectivity index (χ0v) is 15.8. The van der Waals surface area contributed by atoms with Gasteiger partial charge in [0.1, 0.15) is 0 Å². The molecule has 26 heavy (non-hydrogen) atoms. The van der Waals surface area contributed by atoms with E-state index in [4.69, 9.17) is 9.47 Å². The number of unbranched alkanes of at least 4 members (excludes halogenated alkanes) is 3. The lowest BCUT2D eigenvalue weighted by molar-refractivity contribution is -0.126. The zero-order chi connectivity index (χ0) is 18.8. The minimum Gasteiger partial charge on any atom is -0.454 e. The van der Waals surface area contributed by atoms with Crippen molar-refractivity contribution in [1.82, 2.24) is 10.6 Å². The Kier molecular flexibility index (Phi) is 8.25. The summed E-state index contributed by atoms with van der Waals surface area (Å²) in [5, 5.41) is 5.80. The van der Waals surface area contributed by atoms with Crippen molar-refractivity contribution in [2.24, 2.45) is 0 Å². The Morgan fingerprint density at radius 1 is 1.08 bits per heavy atom. The van der Waals surface area contributed by atoms with Crippen LogP contribution in [0, 0.1) is 0 Å². The largest absolute Gasteiger partial charge is 0.454 e. The van der Waals surface area contributed by atoms with Crippen LogP contribution in [0.3, 0.4) is 0 Å². The maximum atomic E-state index is 11.9. The Balaban J connectivity index is 1.60. The van der Waals surface area contributed by atoms with Gasteiger partial charge in [0.05, 0.1) is 0 Å². The van der Waals surface area contributed by atoms with Crippen LogP contribution < -0.4 is 20.1 Å². The first-order valence-corrected chi connectivity index (χ1v) is 9.53. The highest BCUT2D eigenvalue weighted by molar-refractivity contribution is 5.83. The fourth-order valence-corrected chi connectivity index (χ4v) is 2.86. The number of carbonyl (C=O) groups is 2. The van der Waals surface area contributed by atoms with Gasteiger partial charge < -0.3 is 20.1 Å². The van der Waals surface area contributed by atoms with Crippen LogP contribution in [0.15, 0.2) is 18.2 Å². The molecular weight excluding hydrogens is 332 g/mol. The van der Waals surface area contributed by atoms with E-state index in [2.05, 4.69) is 17.6 Å². The first kappa shape index (κ1) is 20.1. The van der Waals surface area contributed by atoms with Crippen LogP contribution in [-0.4, -0.2) is 24.6 Å². The Morgan fingerprint density at radius 2 is 1.85 bits per heavy atom. The number of nitrogens with one attached hydrogen (secondary N) is 2. The molecule has 0 radical (unpaired) electrons. The van der Waals surface area contributed by atoms with Crippen molar-refractivity contribution in [3.8, 4) is 11.5 Å². The van der Waals surface area contributed by atoms with Crippen LogP contribution in [-0.2, 0) is 16.1 Å². The fourth-order valence-electron chi connectivity index (χ4n) is 2.86. The van der Waals surface area contributed by atoms with Gasteiger partial charge in [-0.2, -0.15) is 0 Å². The van der Waals surface area contributed by atoms with Gasteiger partial charge in [-0.25, -0.2) is 0 Å². The number of carbonyl (C=O) groups excluding carboxylic acids is 2. The highest BCUT2D eigenvalue weighted by atomic mass is 16.7. The van der Waals surface area contributed by atoms with Crippen LogP contribution in [0.25, 0.3) is 0 Å². The van der Waals surface area contributed by atoms with E-state index >= 15 is 0 Å². The lowest BCUT2D eigenvalue weighted by atomic mass is 10.1. The summed E-state index contributed by atoms with van der Waals surface area (Å²) in [4.78, 5) is 23.9. The van der Waals surface area contributed by atoms with Crippen LogP contribution >= 0.6 is 0 Å². The van der Waals surface area contributed by atoms with Gasteiger partial charge in [-0.3, -0.25) is 9.59 Å². The summed E-state index contributed by atoms with van der Waals surface area (Å²) < 4.78 is 10.6. The van der Waals surface area contributed by atoms with Crippen molar-refractivity contribution in [2.45, 2.75) is 71.4 Å². The second kappa shape index (κ2) is 10.7. The van der Waals surface area contributed by atoms with Gasteiger partial charge in [-0.15, -0.1) is 0 Å². The van der Waals surface area contributed by atoms with Crippen LogP contribution in [0.5, 0.6) is 11.5 Å². The molecule has 2 rings (SSSR count). The van der Waals surface area contributed by atoms with Gasteiger partial charge >= 0.3 is 0 Å². The number of benzene rings is 1. The second-order valence-electron chi connectivity index (χ2n) is 6.78. The minimum atomic E-state index is -0.131. The zero-order valence-electron chi connectivity index (χ0n) is 15.8. The van der Waals surface area contributed by atoms with Crippen molar-refractivity contribution < 1.29 is 19.1 Å². The standard InChI is InChI=1S/C20H30N2O4/c1-3-4-5-6-7-15(2)22-20(24)11-10-19(23)21-13-16-8-9-17-18(12-16)26-14-25-17/h8-9,12,15H,3-7,10-11,13-14H2,1-2H3,(H,21,23)(H,22,24)/t15-/m1/s1. The average Bonchev–Trinajstić information content (AvgIpc) is 3.09.